The molecule has 96 valence electrons. The quantitative estimate of drug-likeness (QED) is 0.598. The molecule has 0 saturated heterocycles. The highest BCUT2D eigenvalue weighted by molar-refractivity contribution is 9.09. The standard InChI is InChI=1S/C12H20BrN3O/c1-10-9-11(16(3)14-10)12(17)15(2)8-6-4-5-7-13/h9H,4-8H2,1-3H3. The summed E-state index contributed by atoms with van der Waals surface area (Å²) >= 11 is 3.40. The van der Waals surface area contributed by atoms with Crippen molar-refractivity contribution in [3.8, 4) is 0 Å². The Morgan fingerprint density at radius 1 is 1.47 bits per heavy atom. The minimum absolute atomic E-state index is 0.0481. The zero-order valence-corrected chi connectivity index (χ0v) is 12.3. The van der Waals surface area contributed by atoms with Crippen molar-refractivity contribution >= 4 is 21.8 Å². The van der Waals surface area contributed by atoms with Crippen molar-refractivity contribution in [1.29, 1.82) is 0 Å². The Bertz CT molecular complexity index is 376. The van der Waals surface area contributed by atoms with Crippen molar-refractivity contribution in [3.05, 3.63) is 17.5 Å². The van der Waals surface area contributed by atoms with Gasteiger partial charge in [0.1, 0.15) is 5.69 Å². The molecule has 17 heavy (non-hydrogen) atoms. The van der Waals surface area contributed by atoms with E-state index in [-0.39, 0.29) is 5.91 Å². The minimum atomic E-state index is 0.0481. The van der Waals surface area contributed by atoms with Crippen molar-refractivity contribution in [2.24, 2.45) is 7.05 Å². The van der Waals surface area contributed by atoms with Crippen LogP contribution in [-0.2, 0) is 7.05 Å². The molecule has 1 amide bonds. The van der Waals surface area contributed by atoms with Crippen molar-refractivity contribution < 1.29 is 4.79 Å². The van der Waals surface area contributed by atoms with E-state index in [1.54, 1.807) is 16.6 Å². The van der Waals surface area contributed by atoms with Gasteiger partial charge < -0.3 is 4.90 Å². The molecule has 0 radical (unpaired) electrons. The number of aryl methyl sites for hydroxylation is 2. The third-order valence-corrected chi connectivity index (χ3v) is 3.26. The van der Waals surface area contributed by atoms with Gasteiger partial charge in [-0.1, -0.05) is 22.4 Å². The number of unbranched alkanes of at least 4 members (excludes halogenated alkanes) is 2. The van der Waals surface area contributed by atoms with E-state index in [0.29, 0.717) is 5.69 Å². The first-order chi connectivity index (χ1) is 8.06. The topological polar surface area (TPSA) is 38.1 Å². The Morgan fingerprint density at radius 2 is 2.18 bits per heavy atom. The first-order valence-corrected chi connectivity index (χ1v) is 7.00. The fraction of sp³-hybridized carbons (Fsp3) is 0.667. The Hall–Kier alpha value is -0.840. The van der Waals surface area contributed by atoms with E-state index in [1.165, 1.54) is 0 Å². The summed E-state index contributed by atoms with van der Waals surface area (Å²) in [6, 6.07) is 1.83. The van der Waals surface area contributed by atoms with Crippen molar-refractivity contribution in [3.63, 3.8) is 0 Å². The number of aromatic nitrogens is 2. The lowest BCUT2D eigenvalue weighted by Crippen LogP contribution is -2.29. The van der Waals surface area contributed by atoms with Gasteiger partial charge in [-0.15, -0.1) is 0 Å². The molecule has 0 atom stereocenters. The van der Waals surface area contributed by atoms with E-state index in [4.69, 9.17) is 0 Å². The van der Waals surface area contributed by atoms with Crippen LogP contribution in [0.25, 0.3) is 0 Å². The summed E-state index contributed by atoms with van der Waals surface area (Å²) in [6.07, 6.45) is 3.35. The molecule has 0 fully saturated rings. The van der Waals surface area contributed by atoms with E-state index < -0.39 is 0 Å². The molecular formula is C12H20BrN3O. The smallest absolute Gasteiger partial charge is 0.271 e. The van der Waals surface area contributed by atoms with E-state index in [1.807, 2.05) is 20.0 Å². The molecule has 1 heterocycles. The van der Waals surface area contributed by atoms with Crippen LogP contribution >= 0.6 is 15.9 Å². The SMILES string of the molecule is Cc1cc(C(=O)N(C)CCCCCBr)n(C)n1. The van der Waals surface area contributed by atoms with Crippen LogP contribution in [0, 0.1) is 6.92 Å². The molecule has 0 aromatic carbocycles. The van der Waals surface area contributed by atoms with E-state index >= 15 is 0 Å². The number of carbonyl (C=O) groups is 1. The van der Waals surface area contributed by atoms with Crippen molar-refractivity contribution in [1.82, 2.24) is 14.7 Å². The van der Waals surface area contributed by atoms with Crippen LogP contribution in [0.1, 0.15) is 35.4 Å². The highest BCUT2D eigenvalue weighted by Crippen LogP contribution is 2.07. The molecule has 4 nitrogen and oxygen atoms in total. The van der Waals surface area contributed by atoms with Gasteiger partial charge in [0, 0.05) is 26.0 Å². The number of rotatable bonds is 6. The lowest BCUT2D eigenvalue weighted by atomic mass is 10.2. The van der Waals surface area contributed by atoms with E-state index in [9.17, 15) is 4.79 Å². The number of hydrogen-bond donors (Lipinski definition) is 0. The number of nitrogens with zero attached hydrogens (tertiary/aromatic N) is 3. The number of amides is 1. The van der Waals surface area contributed by atoms with Gasteiger partial charge in [0.2, 0.25) is 0 Å². The minimum Gasteiger partial charge on any atom is -0.340 e. The Kier molecular flexibility index (Phi) is 5.68. The third-order valence-electron chi connectivity index (χ3n) is 2.69. The Labute approximate surface area is 111 Å². The predicted octanol–water partition coefficient (Wildman–Crippen LogP) is 2.37. The van der Waals surface area contributed by atoms with Crippen LogP contribution in [0.4, 0.5) is 0 Å². The van der Waals surface area contributed by atoms with Crippen molar-refractivity contribution in [2.45, 2.75) is 26.2 Å². The number of carbonyl (C=O) groups excluding carboxylic acids is 1. The second kappa shape index (κ2) is 6.79. The fourth-order valence-electron chi connectivity index (χ4n) is 1.73. The van der Waals surface area contributed by atoms with E-state index in [0.717, 1.165) is 36.8 Å². The van der Waals surface area contributed by atoms with Gasteiger partial charge in [-0.05, 0) is 25.8 Å². The summed E-state index contributed by atoms with van der Waals surface area (Å²) in [5, 5.41) is 5.22. The molecule has 0 N–H and O–H groups in total. The van der Waals surface area contributed by atoms with Crippen LogP contribution in [-0.4, -0.2) is 39.5 Å². The normalized spacial score (nSPS) is 10.6. The summed E-state index contributed by atoms with van der Waals surface area (Å²) in [4.78, 5) is 13.9. The second-order valence-corrected chi connectivity index (χ2v) is 5.06. The average Bonchev–Trinajstić information content (AvgIpc) is 2.62. The number of halogens is 1. The van der Waals surface area contributed by atoms with Crippen LogP contribution < -0.4 is 0 Å². The molecule has 1 rings (SSSR count). The summed E-state index contributed by atoms with van der Waals surface area (Å²) in [7, 11) is 3.65. The lowest BCUT2D eigenvalue weighted by molar-refractivity contribution is 0.0782. The zero-order valence-electron chi connectivity index (χ0n) is 10.7. The molecular weight excluding hydrogens is 282 g/mol. The maximum atomic E-state index is 12.1. The van der Waals surface area contributed by atoms with Crippen LogP contribution in [0.2, 0.25) is 0 Å². The summed E-state index contributed by atoms with van der Waals surface area (Å²) in [5.41, 5.74) is 1.54. The second-order valence-electron chi connectivity index (χ2n) is 4.27. The van der Waals surface area contributed by atoms with Gasteiger partial charge >= 0.3 is 0 Å². The average molecular weight is 302 g/mol. The highest BCUT2D eigenvalue weighted by atomic mass is 79.9. The molecule has 0 bridgehead atoms. The van der Waals surface area contributed by atoms with Gasteiger partial charge in [0.05, 0.1) is 5.69 Å². The van der Waals surface area contributed by atoms with Gasteiger partial charge in [-0.2, -0.15) is 5.10 Å². The van der Waals surface area contributed by atoms with Gasteiger partial charge in [-0.3, -0.25) is 9.48 Å². The largest absolute Gasteiger partial charge is 0.340 e. The molecule has 1 aromatic heterocycles. The maximum absolute atomic E-state index is 12.1. The maximum Gasteiger partial charge on any atom is 0.271 e. The summed E-state index contributed by atoms with van der Waals surface area (Å²) in [5.74, 6) is 0.0481. The monoisotopic (exact) mass is 301 g/mol. The van der Waals surface area contributed by atoms with Crippen LogP contribution in [0.5, 0.6) is 0 Å². The number of alkyl halides is 1. The lowest BCUT2D eigenvalue weighted by Gasteiger charge is -2.16. The van der Waals surface area contributed by atoms with Crippen LogP contribution in [0.15, 0.2) is 6.07 Å². The molecule has 0 spiro atoms. The molecule has 0 aliphatic rings. The fourth-order valence-corrected chi connectivity index (χ4v) is 2.12. The summed E-state index contributed by atoms with van der Waals surface area (Å²) in [6.45, 7) is 2.70. The zero-order chi connectivity index (χ0) is 12.8. The summed E-state index contributed by atoms with van der Waals surface area (Å²) < 4.78 is 1.65. The highest BCUT2D eigenvalue weighted by Gasteiger charge is 2.15. The molecule has 1 aromatic rings. The molecule has 0 aliphatic heterocycles. The molecule has 0 aliphatic carbocycles. The van der Waals surface area contributed by atoms with Gasteiger partial charge in [0.25, 0.3) is 5.91 Å². The predicted molar refractivity (Wildman–Crippen MR) is 72.6 cm³/mol. The third kappa shape index (κ3) is 4.15. The molecule has 0 unspecified atom stereocenters. The molecule has 5 heteroatoms. The first-order valence-electron chi connectivity index (χ1n) is 5.88. The Morgan fingerprint density at radius 3 is 2.71 bits per heavy atom. The van der Waals surface area contributed by atoms with Gasteiger partial charge in [-0.25, -0.2) is 0 Å². The Balaban J connectivity index is 2.49. The van der Waals surface area contributed by atoms with Crippen LogP contribution in [0.3, 0.4) is 0 Å². The van der Waals surface area contributed by atoms with Gasteiger partial charge in [0.15, 0.2) is 0 Å². The number of hydrogen-bond acceptors (Lipinski definition) is 2. The first kappa shape index (κ1) is 14.2. The molecule has 0 saturated carbocycles. The van der Waals surface area contributed by atoms with E-state index in [2.05, 4.69) is 21.0 Å². The van der Waals surface area contributed by atoms with Crippen molar-refractivity contribution in [2.75, 3.05) is 18.9 Å².